The van der Waals surface area contributed by atoms with Crippen molar-refractivity contribution in [2.75, 3.05) is 32.1 Å². The highest BCUT2D eigenvalue weighted by Crippen LogP contribution is 2.37. The first kappa shape index (κ1) is 17.0. The van der Waals surface area contributed by atoms with Crippen LogP contribution in [-0.4, -0.2) is 44.3 Å². The number of alkyl halides is 3. The molecule has 0 aliphatic carbocycles. The SMILES string of the molecule is CCN(CC(=O)N(C)C)c1ccc(C=O)cc1C(F)(F)F. The molecule has 0 aromatic heterocycles. The Morgan fingerprint density at radius 3 is 2.33 bits per heavy atom. The van der Waals surface area contributed by atoms with E-state index in [0.717, 1.165) is 6.07 Å². The molecule has 21 heavy (non-hydrogen) atoms. The third-order valence-corrected chi connectivity index (χ3v) is 3.01. The molecule has 116 valence electrons. The zero-order chi connectivity index (χ0) is 16.2. The average Bonchev–Trinajstić information content (AvgIpc) is 2.42. The van der Waals surface area contributed by atoms with E-state index in [2.05, 4.69) is 0 Å². The van der Waals surface area contributed by atoms with Gasteiger partial charge in [-0.2, -0.15) is 13.2 Å². The van der Waals surface area contributed by atoms with Gasteiger partial charge in [0, 0.05) is 31.9 Å². The van der Waals surface area contributed by atoms with Crippen molar-refractivity contribution in [3.8, 4) is 0 Å². The minimum absolute atomic E-state index is 0.0546. The first-order valence-electron chi connectivity index (χ1n) is 6.32. The Kier molecular flexibility index (Phi) is 5.34. The van der Waals surface area contributed by atoms with Crippen molar-refractivity contribution < 1.29 is 22.8 Å². The molecule has 1 aromatic rings. The van der Waals surface area contributed by atoms with Crippen LogP contribution >= 0.6 is 0 Å². The maximum atomic E-state index is 13.1. The average molecular weight is 302 g/mol. The van der Waals surface area contributed by atoms with Crippen LogP contribution in [0.2, 0.25) is 0 Å². The zero-order valence-electron chi connectivity index (χ0n) is 12.1. The molecule has 4 nitrogen and oxygen atoms in total. The molecule has 0 unspecified atom stereocenters. The Morgan fingerprint density at radius 2 is 1.90 bits per heavy atom. The van der Waals surface area contributed by atoms with Crippen LogP contribution in [0.5, 0.6) is 0 Å². The summed E-state index contributed by atoms with van der Waals surface area (Å²) in [6, 6.07) is 3.32. The molecule has 0 saturated carbocycles. The van der Waals surface area contributed by atoms with Crippen LogP contribution in [0.15, 0.2) is 18.2 Å². The lowest BCUT2D eigenvalue weighted by atomic mass is 10.1. The number of rotatable bonds is 5. The van der Waals surface area contributed by atoms with Crippen molar-refractivity contribution in [1.82, 2.24) is 4.90 Å². The highest BCUT2D eigenvalue weighted by molar-refractivity contribution is 5.82. The maximum absolute atomic E-state index is 13.1. The Hall–Kier alpha value is -2.05. The molecule has 0 fully saturated rings. The van der Waals surface area contributed by atoms with Gasteiger partial charge in [0.1, 0.15) is 6.29 Å². The van der Waals surface area contributed by atoms with Gasteiger partial charge in [-0.1, -0.05) is 0 Å². The molecular formula is C14H17F3N2O2. The second kappa shape index (κ2) is 6.60. The molecular weight excluding hydrogens is 285 g/mol. The van der Waals surface area contributed by atoms with E-state index in [0.29, 0.717) is 6.29 Å². The number of anilines is 1. The normalized spacial score (nSPS) is 11.1. The van der Waals surface area contributed by atoms with Gasteiger partial charge >= 0.3 is 6.18 Å². The van der Waals surface area contributed by atoms with E-state index in [4.69, 9.17) is 0 Å². The van der Waals surface area contributed by atoms with Crippen molar-refractivity contribution in [2.24, 2.45) is 0 Å². The Morgan fingerprint density at radius 1 is 1.29 bits per heavy atom. The molecule has 7 heteroatoms. The van der Waals surface area contributed by atoms with Crippen LogP contribution in [0.25, 0.3) is 0 Å². The molecule has 0 saturated heterocycles. The number of nitrogens with zero attached hydrogens (tertiary/aromatic N) is 2. The summed E-state index contributed by atoms with van der Waals surface area (Å²) in [5.41, 5.74) is -1.08. The fourth-order valence-electron chi connectivity index (χ4n) is 1.80. The number of amides is 1. The van der Waals surface area contributed by atoms with E-state index in [1.54, 1.807) is 6.92 Å². The summed E-state index contributed by atoms with van der Waals surface area (Å²) in [6.07, 6.45) is -4.23. The molecule has 0 atom stereocenters. The fraction of sp³-hybridized carbons (Fsp3) is 0.429. The highest BCUT2D eigenvalue weighted by atomic mass is 19.4. The third-order valence-electron chi connectivity index (χ3n) is 3.01. The summed E-state index contributed by atoms with van der Waals surface area (Å²) >= 11 is 0. The van der Waals surface area contributed by atoms with Gasteiger partial charge in [-0.15, -0.1) is 0 Å². The van der Waals surface area contributed by atoms with E-state index in [1.807, 2.05) is 0 Å². The van der Waals surface area contributed by atoms with Crippen LogP contribution in [0.1, 0.15) is 22.8 Å². The monoisotopic (exact) mass is 302 g/mol. The number of likely N-dealkylation sites (N-methyl/N-ethyl adjacent to an activating group) is 2. The summed E-state index contributed by atoms with van der Waals surface area (Å²) in [5, 5.41) is 0. The molecule has 0 radical (unpaired) electrons. The number of halogens is 3. The van der Waals surface area contributed by atoms with Crippen molar-refractivity contribution in [1.29, 1.82) is 0 Å². The van der Waals surface area contributed by atoms with Crippen molar-refractivity contribution >= 4 is 17.9 Å². The predicted octanol–water partition coefficient (Wildman–Crippen LogP) is 2.43. The van der Waals surface area contributed by atoms with Crippen molar-refractivity contribution in [3.05, 3.63) is 29.3 Å². The smallest absolute Gasteiger partial charge is 0.362 e. The Bertz CT molecular complexity index is 527. The van der Waals surface area contributed by atoms with Gasteiger partial charge in [-0.05, 0) is 25.1 Å². The summed E-state index contributed by atoms with van der Waals surface area (Å²) in [7, 11) is 3.08. The lowest BCUT2D eigenvalue weighted by Gasteiger charge is -2.27. The quantitative estimate of drug-likeness (QED) is 0.784. The number of aldehydes is 1. The van der Waals surface area contributed by atoms with E-state index >= 15 is 0 Å². The van der Waals surface area contributed by atoms with E-state index in [1.165, 1.54) is 36.0 Å². The molecule has 0 aliphatic heterocycles. The molecule has 0 bridgehead atoms. The largest absolute Gasteiger partial charge is 0.418 e. The topological polar surface area (TPSA) is 40.6 Å². The lowest BCUT2D eigenvalue weighted by molar-refractivity contribution is -0.137. The minimum atomic E-state index is -4.59. The third kappa shape index (κ3) is 4.21. The van der Waals surface area contributed by atoms with E-state index in [-0.39, 0.29) is 30.2 Å². The number of carbonyl (C=O) groups is 2. The standard InChI is InChI=1S/C14H17F3N2O2/c1-4-19(8-13(21)18(2)3)12-6-5-10(9-20)7-11(12)14(15,16)17/h5-7,9H,4,8H2,1-3H3. The number of carbonyl (C=O) groups excluding carboxylic acids is 2. The Labute approximate surface area is 121 Å². The van der Waals surface area contributed by atoms with Crippen molar-refractivity contribution in [2.45, 2.75) is 13.1 Å². The minimum Gasteiger partial charge on any atom is -0.362 e. The van der Waals surface area contributed by atoms with Crippen LogP contribution in [-0.2, 0) is 11.0 Å². The molecule has 1 rings (SSSR count). The summed E-state index contributed by atoms with van der Waals surface area (Å²) in [5.74, 6) is -0.301. The number of hydrogen-bond acceptors (Lipinski definition) is 3. The van der Waals surface area contributed by atoms with Crippen LogP contribution < -0.4 is 4.90 Å². The number of benzene rings is 1. The molecule has 0 aliphatic rings. The van der Waals surface area contributed by atoms with Gasteiger partial charge in [0.15, 0.2) is 0 Å². The summed E-state index contributed by atoms with van der Waals surface area (Å²) < 4.78 is 39.4. The molecule has 1 amide bonds. The summed E-state index contributed by atoms with van der Waals surface area (Å²) in [4.78, 5) is 25.0. The van der Waals surface area contributed by atoms with Gasteiger partial charge in [-0.3, -0.25) is 9.59 Å². The first-order chi connectivity index (χ1) is 9.70. The lowest BCUT2D eigenvalue weighted by Crippen LogP contribution is -2.37. The van der Waals surface area contributed by atoms with E-state index < -0.39 is 11.7 Å². The highest BCUT2D eigenvalue weighted by Gasteiger charge is 2.35. The van der Waals surface area contributed by atoms with E-state index in [9.17, 15) is 22.8 Å². The van der Waals surface area contributed by atoms with Gasteiger partial charge < -0.3 is 9.80 Å². The second-order valence-corrected chi connectivity index (χ2v) is 4.69. The molecule has 0 heterocycles. The summed E-state index contributed by atoms with van der Waals surface area (Å²) in [6.45, 7) is 1.74. The van der Waals surface area contributed by atoms with Crippen LogP contribution in [0, 0.1) is 0 Å². The second-order valence-electron chi connectivity index (χ2n) is 4.69. The van der Waals surface area contributed by atoms with Crippen LogP contribution in [0.3, 0.4) is 0 Å². The molecule has 0 N–H and O–H groups in total. The van der Waals surface area contributed by atoms with Gasteiger partial charge in [0.05, 0.1) is 12.1 Å². The fourth-order valence-corrected chi connectivity index (χ4v) is 1.80. The zero-order valence-corrected chi connectivity index (χ0v) is 12.1. The molecule has 1 aromatic carbocycles. The first-order valence-corrected chi connectivity index (χ1v) is 6.32. The number of hydrogen-bond donors (Lipinski definition) is 0. The maximum Gasteiger partial charge on any atom is 0.418 e. The van der Waals surface area contributed by atoms with Gasteiger partial charge in [0.25, 0.3) is 0 Å². The molecule has 0 spiro atoms. The Balaban J connectivity index is 3.25. The van der Waals surface area contributed by atoms with Gasteiger partial charge in [-0.25, -0.2) is 0 Å². The van der Waals surface area contributed by atoms with Gasteiger partial charge in [0.2, 0.25) is 5.91 Å². The van der Waals surface area contributed by atoms with Crippen LogP contribution in [0.4, 0.5) is 18.9 Å². The van der Waals surface area contributed by atoms with Crippen molar-refractivity contribution in [3.63, 3.8) is 0 Å². The predicted molar refractivity (Wildman–Crippen MR) is 73.4 cm³/mol.